The summed E-state index contributed by atoms with van der Waals surface area (Å²) in [6, 6.07) is 14.5. The first-order chi connectivity index (χ1) is 10.7. The molecule has 4 heteroatoms. The van der Waals surface area contributed by atoms with Crippen LogP contribution in [0.2, 0.25) is 0 Å². The van der Waals surface area contributed by atoms with Gasteiger partial charge in [0.1, 0.15) is 0 Å². The molecule has 1 N–H and O–H groups in total. The van der Waals surface area contributed by atoms with Gasteiger partial charge in [0.25, 0.3) is 0 Å². The Morgan fingerprint density at radius 2 is 1.95 bits per heavy atom. The lowest BCUT2D eigenvalue weighted by atomic mass is 10.1. The number of benzene rings is 1. The van der Waals surface area contributed by atoms with Gasteiger partial charge in [-0.25, -0.2) is 4.79 Å². The number of fused-ring (bicyclic) bond motifs is 1. The van der Waals surface area contributed by atoms with Gasteiger partial charge in [0.15, 0.2) is 0 Å². The number of aromatic nitrogens is 1. The minimum atomic E-state index is 0.0285. The Morgan fingerprint density at radius 1 is 1.18 bits per heavy atom. The van der Waals surface area contributed by atoms with Crippen molar-refractivity contribution in [3.05, 3.63) is 59.4 Å². The van der Waals surface area contributed by atoms with Gasteiger partial charge in [-0.1, -0.05) is 37.3 Å². The maximum Gasteiger partial charge on any atom is 0.318 e. The molecule has 0 aliphatic carbocycles. The predicted molar refractivity (Wildman–Crippen MR) is 87.6 cm³/mol. The third-order valence-corrected chi connectivity index (χ3v) is 4.45. The molecule has 0 saturated heterocycles. The number of hydrogen-bond donors (Lipinski definition) is 1. The van der Waals surface area contributed by atoms with E-state index in [0.29, 0.717) is 6.54 Å². The molecule has 2 heterocycles. The molecule has 22 heavy (non-hydrogen) atoms. The van der Waals surface area contributed by atoms with Gasteiger partial charge in [-0.2, -0.15) is 0 Å². The zero-order chi connectivity index (χ0) is 15.5. The Hall–Kier alpha value is -2.23. The monoisotopic (exact) mass is 297 g/mol. The van der Waals surface area contributed by atoms with Crippen LogP contribution in [0.1, 0.15) is 36.3 Å². The molecule has 1 aliphatic rings. The van der Waals surface area contributed by atoms with Crippen molar-refractivity contribution < 1.29 is 4.79 Å². The van der Waals surface area contributed by atoms with Crippen LogP contribution >= 0.6 is 0 Å². The number of hydrogen-bond acceptors (Lipinski definition) is 1. The smallest absolute Gasteiger partial charge is 0.318 e. The molecule has 0 bridgehead atoms. The molecule has 2 amide bonds. The second-order valence-corrected chi connectivity index (χ2v) is 5.81. The summed E-state index contributed by atoms with van der Waals surface area (Å²) in [5.74, 6) is 0. The van der Waals surface area contributed by atoms with Crippen molar-refractivity contribution >= 4 is 6.03 Å². The Balaban J connectivity index is 1.70. The first-order valence-corrected chi connectivity index (χ1v) is 7.95. The summed E-state index contributed by atoms with van der Waals surface area (Å²) in [5.41, 5.74) is 3.65. The minimum absolute atomic E-state index is 0.0285. The molecule has 0 fully saturated rings. The molecule has 1 aromatic carbocycles. The van der Waals surface area contributed by atoms with Gasteiger partial charge in [-0.3, -0.25) is 0 Å². The highest BCUT2D eigenvalue weighted by atomic mass is 16.2. The van der Waals surface area contributed by atoms with Gasteiger partial charge in [-0.15, -0.1) is 0 Å². The van der Waals surface area contributed by atoms with Gasteiger partial charge in [0.05, 0.1) is 6.04 Å². The van der Waals surface area contributed by atoms with Gasteiger partial charge in [-0.05, 0) is 31.0 Å². The highest BCUT2D eigenvalue weighted by Gasteiger charge is 2.30. The second-order valence-electron chi connectivity index (χ2n) is 5.81. The van der Waals surface area contributed by atoms with Crippen LogP contribution < -0.4 is 5.32 Å². The largest absolute Gasteiger partial charge is 0.345 e. The number of nitrogens with one attached hydrogen (secondary N) is 1. The summed E-state index contributed by atoms with van der Waals surface area (Å²) in [7, 11) is 0. The molecule has 1 atom stereocenters. The molecule has 1 aliphatic heterocycles. The lowest BCUT2D eigenvalue weighted by Gasteiger charge is -2.37. The maximum atomic E-state index is 12.6. The SMILES string of the molecule is CCC1c2ccc(C)n2CCN1C(=O)NCc1ccccc1. The van der Waals surface area contributed by atoms with E-state index in [1.807, 2.05) is 35.2 Å². The first kappa shape index (κ1) is 14.7. The zero-order valence-electron chi connectivity index (χ0n) is 13.2. The molecule has 0 radical (unpaired) electrons. The quantitative estimate of drug-likeness (QED) is 0.925. The lowest BCUT2D eigenvalue weighted by Crippen LogP contribution is -2.46. The summed E-state index contributed by atoms with van der Waals surface area (Å²) < 4.78 is 2.33. The average Bonchev–Trinajstić information content (AvgIpc) is 2.94. The molecule has 1 aromatic heterocycles. The fourth-order valence-corrected chi connectivity index (χ4v) is 3.26. The van der Waals surface area contributed by atoms with Crippen LogP contribution in [0.25, 0.3) is 0 Å². The van der Waals surface area contributed by atoms with Crippen LogP contribution in [0.15, 0.2) is 42.5 Å². The van der Waals surface area contributed by atoms with Crippen LogP contribution in [-0.2, 0) is 13.1 Å². The van der Waals surface area contributed by atoms with E-state index in [4.69, 9.17) is 0 Å². The maximum absolute atomic E-state index is 12.6. The molecule has 116 valence electrons. The fourth-order valence-electron chi connectivity index (χ4n) is 3.26. The van der Waals surface area contributed by atoms with Crippen LogP contribution in [0.3, 0.4) is 0 Å². The fraction of sp³-hybridized carbons (Fsp3) is 0.389. The Kier molecular flexibility index (Phi) is 4.18. The number of urea groups is 1. The molecular weight excluding hydrogens is 274 g/mol. The number of amides is 2. The van der Waals surface area contributed by atoms with E-state index in [1.54, 1.807) is 0 Å². The normalized spacial score (nSPS) is 17.2. The van der Waals surface area contributed by atoms with Crippen molar-refractivity contribution in [1.82, 2.24) is 14.8 Å². The van der Waals surface area contributed by atoms with Crippen LogP contribution in [0.4, 0.5) is 4.79 Å². The third-order valence-electron chi connectivity index (χ3n) is 4.45. The summed E-state index contributed by atoms with van der Waals surface area (Å²) >= 11 is 0. The number of carbonyl (C=O) groups is 1. The summed E-state index contributed by atoms with van der Waals surface area (Å²) in [6.07, 6.45) is 0.933. The van der Waals surface area contributed by atoms with Crippen molar-refractivity contribution in [1.29, 1.82) is 0 Å². The highest BCUT2D eigenvalue weighted by molar-refractivity contribution is 5.75. The topological polar surface area (TPSA) is 37.3 Å². The standard InChI is InChI=1S/C18H23N3O/c1-3-16-17-10-9-14(2)20(17)11-12-21(16)18(22)19-13-15-7-5-4-6-8-15/h4-10,16H,3,11-13H2,1-2H3,(H,19,22). The van der Waals surface area contributed by atoms with E-state index in [-0.39, 0.29) is 12.1 Å². The van der Waals surface area contributed by atoms with Crippen LogP contribution in [0.5, 0.6) is 0 Å². The van der Waals surface area contributed by atoms with E-state index in [1.165, 1.54) is 11.4 Å². The van der Waals surface area contributed by atoms with E-state index in [2.05, 4.69) is 35.9 Å². The molecule has 0 spiro atoms. The molecule has 1 unspecified atom stereocenters. The second kappa shape index (κ2) is 6.26. The zero-order valence-corrected chi connectivity index (χ0v) is 13.2. The Labute approximate surface area is 131 Å². The summed E-state index contributed by atoms with van der Waals surface area (Å²) in [4.78, 5) is 14.5. The Bertz CT molecular complexity index is 648. The molecular formula is C18H23N3O. The molecule has 2 aromatic rings. The van der Waals surface area contributed by atoms with Gasteiger partial charge >= 0.3 is 6.03 Å². The van der Waals surface area contributed by atoms with Gasteiger partial charge in [0, 0.05) is 31.0 Å². The number of aryl methyl sites for hydroxylation is 1. The summed E-state index contributed by atoms with van der Waals surface area (Å²) in [6.45, 7) is 6.49. The van der Waals surface area contributed by atoms with Gasteiger partial charge in [0.2, 0.25) is 0 Å². The van der Waals surface area contributed by atoms with E-state index >= 15 is 0 Å². The highest BCUT2D eigenvalue weighted by Crippen LogP contribution is 2.30. The van der Waals surface area contributed by atoms with E-state index in [0.717, 1.165) is 25.1 Å². The first-order valence-electron chi connectivity index (χ1n) is 7.95. The van der Waals surface area contributed by atoms with Crippen LogP contribution in [0, 0.1) is 6.92 Å². The average molecular weight is 297 g/mol. The van der Waals surface area contributed by atoms with Crippen molar-refractivity contribution in [2.75, 3.05) is 6.54 Å². The van der Waals surface area contributed by atoms with Crippen molar-refractivity contribution in [3.8, 4) is 0 Å². The van der Waals surface area contributed by atoms with Gasteiger partial charge < -0.3 is 14.8 Å². The lowest BCUT2D eigenvalue weighted by molar-refractivity contribution is 0.152. The van der Waals surface area contributed by atoms with E-state index < -0.39 is 0 Å². The number of nitrogens with zero attached hydrogens (tertiary/aromatic N) is 2. The van der Waals surface area contributed by atoms with Crippen molar-refractivity contribution in [2.45, 2.75) is 39.4 Å². The molecule has 4 nitrogen and oxygen atoms in total. The number of rotatable bonds is 3. The van der Waals surface area contributed by atoms with Crippen molar-refractivity contribution in [3.63, 3.8) is 0 Å². The number of carbonyl (C=O) groups excluding carboxylic acids is 1. The Morgan fingerprint density at radius 3 is 2.68 bits per heavy atom. The van der Waals surface area contributed by atoms with Crippen molar-refractivity contribution in [2.24, 2.45) is 0 Å². The van der Waals surface area contributed by atoms with E-state index in [9.17, 15) is 4.79 Å². The predicted octanol–water partition coefficient (Wildman–Crippen LogP) is 3.47. The third kappa shape index (κ3) is 2.73. The molecule has 0 saturated carbocycles. The molecule has 3 rings (SSSR count). The summed E-state index contributed by atoms with van der Waals surface area (Å²) in [5, 5.41) is 3.05. The van der Waals surface area contributed by atoms with Crippen LogP contribution in [-0.4, -0.2) is 22.0 Å². The minimum Gasteiger partial charge on any atom is -0.345 e.